The molecule has 1 aliphatic heterocycles. The summed E-state index contributed by atoms with van der Waals surface area (Å²) >= 11 is 0. The topological polar surface area (TPSA) is 113 Å². The van der Waals surface area contributed by atoms with Crippen LogP contribution in [0.5, 0.6) is 0 Å². The van der Waals surface area contributed by atoms with Gasteiger partial charge in [0.2, 0.25) is 0 Å². The molecule has 3 aromatic rings. The zero-order valence-electron chi connectivity index (χ0n) is 20.3. The van der Waals surface area contributed by atoms with Crippen LogP contribution in [0.3, 0.4) is 0 Å². The number of unbranched alkanes of at least 4 members (excludes halogenated alkanes) is 1. The molecule has 0 spiro atoms. The van der Waals surface area contributed by atoms with Gasteiger partial charge in [0.1, 0.15) is 17.4 Å². The molecule has 0 saturated carbocycles. The number of hydrogen-bond acceptors (Lipinski definition) is 8. The standard InChI is InChI=1S/C26H35N5O4/c1-34-18-17-31(15-5-4-8-20-12-11-19-7-6-14-27-24(19)28-20)16-13-22(25(32)33)30-26-29-21-9-2-3-10-23(21)35-26/h2-3,9-12,22H,4-8,13-18H2,1H3,(H,27,28)(H,29,30)(H,32,33). The molecule has 3 N–H and O–H groups in total. The third kappa shape index (κ3) is 7.16. The third-order valence-electron chi connectivity index (χ3n) is 6.34. The minimum atomic E-state index is -0.925. The number of nitrogens with one attached hydrogen (secondary N) is 2. The molecule has 9 nitrogen and oxygen atoms in total. The van der Waals surface area contributed by atoms with Gasteiger partial charge < -0.3 is 29.8 Å². The van der Waals surface area contributed by atoms with E-state index in [1.165, 1.54) is 12.0 Å². The Kier molecular flexibility index (Phi) is 8.91. The van der Waals surface area contributed by atoms with Crippen molar-refractivity contribution in [3.8, 4) is 0 Å². The molecular formula is C26H35N5O4. The number of rotatable bonds is 14. The van der Waals surface area contributed by atoms with Crippen molar-refractivity contribution in [3.63, 3.8) is 0 Å². The number of ether oxygens (including phenoxy) is 1. The van der Waals surface area contributed by atoms with Gasteiger partial charge in [0.15, 0.2) is 5.58 Å². The SMILES string of the molecule is COCCN(CCCCc1ccc2c(n1)NCCC2)CCC(Nc1nc2ccccc2o1)C(=O)O. The van der Waals surface area contributed by atoms with E-state index < -0.39 is 12.0 Å². The number of carbonyl (C=O) groups is 1. The van der Waals surface area contributed by atoms with Gasteiger partial charge in [-0.3, -0.25) is 0 Å². The van der Waals surface area contributed by atoms with Gasteiger partial charge in [0.25, 0.3) is 6.01 Å². The zero-order chi connectivity index (χ0) is 24.5. The second-order valence-electron chi connectivity index (χ2n) is 8.94. The Morgan fingerprint density at radius 2 is 2.09 bits per heavy atom. The molecule has 1 aromatic carbocycles. The van der Waals surface area contributed by atoms with Crippen LogP contribution in [-0.4, -0.2) is 71.9 Å². The van der Waals surface area contributed by atoms with Crippen molar-refractivity contribution in [2.24, 2.45) is 0 Å². The van der Waals surface area contributed by atoms with E-state index in [4.69, 9.17) is 14.1 Å². The summed E-state index contributed by atoms with van der Waals surface area (Å²) in [6.45, 7) is 3.87. The van der Waals surface area contributed by atoms with E-state index in [0.29, 0.717) is 30.7 Å². The molecule has 9 heteroatoms. The summed E-state index contributed by atoms with van der Waals surface area (Å²) in [5.74, 6) is 0.118. The molecule has 0 saturated heterocycles. The Balaban J connectivity index is 1.26. The van der Waals surface area contributed by atoms with Crippen molar-refractivity contribution in [3.05, 3.63) is 47.7 Å². The van der Waals surface area contributed by atoms with Crippen molar-refractivity contribution in [1.82, 2.24) is 14.9 Å². The van der Waals surface area contributed by atoms with Crippen LogP contribution in [0.15, 0.2) is 40.8 Å². The van der Waals surface area contributed by atoms with Crippen molar-refractivity contribution >= 4 is 28.9 Å². The number of carboxylic acids is 1. The highest BCUT2D eigenvalue weighted by atomic mass is 16.5. The largest absolute Gasteiger partial charge is 0.480 e. The Morgan fingerprint density at radius 1 is 1.20 bits per heavy atom. The van der Waals surface area contributed by atoms with E-state index in [2.05, 4.69) is 32.7 Å². The number of aromatic nitrogens is 2. The van der Waals surface area contributed by atoms with Gasteiger partial charge in [-0.2, -0.15) is 4.98 Å². The molecule has 3 heterocycles. The van der Waals surface area contributed by atoms with Crippen LogP contribution in [0.2, 0.25) is 0 Å². The van der Waals surface area contributed by atoms with E-state index in [1.54, 1.807) is 7.11 Å². The van der Waals surface area contributed by atoms with E-state index in [9.17, 15) is 9.90 Å². The summed E-state index contributed by atoms with van der Waals surface area (Å²) in [5, 5.41) is 16.1. The van der Waals surface area contributed by atoms with E-state index in [0.717, 1.165) is 56.8 Å². The predicted octanol–water partition coefficient (Wildman–Crippen LogP) is 3.81. The van der Waals surface area contributed by atoms with Crippen LogP contribution in [0, 0.1) is 0 Å². The molecule has 188 valence electrons. The number of para-hydroxylation sites is 2. The maximum atomic E-state index is 11.9. The van der Waals surface area contributed by atoms with Gasteiger partial charge >= 0.3 is 5.97 Å². The number of aliphatic carboxylic acids is 1. The maximum absolute atomic E-state index is 11.9. The summed E-state index contributed by atoms with van der Waals surface area (Å²) in [7, 11) is 1.68. The summed E-state index contributed by atoms with van der Waals surface area (Å²) in [6, 6.07) is 11.2. The molecular weight excluding hydrogens is 446 g/mol. The van der Waals surface area contributed by atoms with E-state index in [1.807, 2.05) is 24.3 Å². The van der Waals surface area contributed by atoms with Crippen molar-refractivity contribution in [2.75, 3.05) is 50.5 Å². The molecule has 1 unspecified atom stereocenters. The lowest BCUT2D eigenvalue weighted by atomic mass is 10.1. The molecule has 35 heavy (non-hydrogen) atoms. The summed E-state index contributed by atoms with van der Waals surface area (Å²) in [6.07, 6.45) is 5.66. The first-order valence-electron chi connectivity index (χ1n) is 12.4. The predicted molar refractivity (Wildman–Crippen MR) is 136 cm³/mol. The Labute approximate surface area is 205 Å². The number of fused-ring (bicyclic) bond motifs is 2. The minimum Gasteiger partial charge on any atom is -0.480 e. The van der Waals surface area contributed by atoms with Crippen molar-refractivity contribution in [1.29, 1.82) is 0 Å². The van der Waals surface area contributed by atoms with Crippen molar-refractivity contribution in [2.45, 2.75) is 44.6 Å². The summed E-state index contributed by atoms with van der Waals surface area (Å²) < 4.78 is 10.9. The number of aryl methyl sites for hydroxylation is 2. The lowest BCUT2D eigenvalue weighted by Crippen LogP contribution is -2.36. The fourth-order valence-corrected chi connectivity index (χ4v) is 4.36. The minimum absolute atomic E-state index is 0.231. The number of hydrogen-bond donors (Lipinski definition) is 3. The van der Waals surface area contributed by atoms with Gasteiger partial charge in [-0.05, 0) is 68.8 Å². The molecule has 4 rings (SSSR count). The monoisotopic (exact) mass is 481 g/mol. The molecule has 1 atom stereocenters. The zero-order valence-corrected chi connectivity index (χ0v) is 20.3. The van der Waals surface area contributed by atoms with Crippen LogP contribution in [-0.2, 0) is 22.4 Å². The van der Waals surface area contributed by atoms with Gasteiger partial charge in [-0.25, -0.2) is 9.78 Å². The average molecular weight is 482 g/mol. The van der Waals surface area contributed by atoms with Crippen LogP contribution < -0.4 is 10.6 Å². The number of anilines is 2. The number of nitrogens with zero attached hydrogens (tertiary/aromatic N) is 3. The summed E-state index contributed by atoms with van der Waals surface area (Å²) in [5.41, 5.74) is 3.76. The number of methoxy groups -OCH3 is 1. The molecule has 2 aromatic heterocycles. The number of pyridine rings is 1. The highest BCUT2D eigenvalue weighted by Gasteiger charge is 2.21. The molecule has 0 radical (unpaired) electrons. The van der Waals surface area contributed by atoms with Crippen LogP contribution in [0.25, 0.3) is 11.1 Å². The smallest absolute Gasteiger partial charge is 0.326 e. The lowest BCUT2D eigenvalue weighted by Gasteiger charge is -2.24. The highest BCUT2D eigenvalue weighted by Crippen LogP contribution is 2.21. The molecule has 0 amide bonds. The Bertz CT molecular complexity index is 1070. The van der Waals surface area contributed by atoms with Gasteiger partial charge in [-0.1, -0.05) is 18.2 Å². The van der Waals surface area contributed by atoms with E-state index in [-0.39, 0.29) is 6.01 Å². The molecule has 0 fully saturated rings. The molecule has 1 aliphatic rings. The first-order valence-corrected chi connectivity index (χ1v) is 12.4. The quantitative estimate of drug-likeness (QED) is 0.296. The van der Waals surface area contributed by atoms with E-state index >= 15 is 0 Å². The Morgan fingerprint density at radius 3 is 2.91 bits per heavy atom. The fourth-order valence-electron chi connectivity index (χ4n) is 4.36. The first kappa shape index (κ1) is 24.9. The van der Waals surface area contributed by atoms with Gasteiger partial charge in [-0.15, -0.1) is 0 Å². The van der Waals surface area contributed by atoms with Crippen LogP contribution in [0.4, 0.5) is 11.8 Å². The van der Waals surface area contributed by atoms with Crippen molar-refractivity contribution < 1.29 is 19.1 Å². The number of carboxylic acid groups (broad SMARTS) is 1. The number of benzene rings is 1. The van der Waals surface area contributed by atoms with Crippen LogP contribution >= 0.6 is 0 Å². The second-order valence-corrected chi connectivity index (χ2v) is 8.94. The summed E-state index contributed by atoms with van der Waals surface area (Å²) in [4.78, 5) is 23.3. The molecule has 0 bridgehead atoms. The van der Waals surface area contributed by atoms with Crippen LogP contribution in [0.1, 0.15) is 36.9 Å². The first-order chi connectivity index (χ1) is 17.1. The third-order valence-corrected chi connectivity index (χ3v) is 6.34. The lowest BCUT2D eigenvalue weighted by molar-refractivity contribution is -0.138. The fraction of sp³-hybridized carbons (Fsp3) is 0.500. The average Bonchev–Trinajstić information content (AvgIpc) is 3.29. The van der Waals surface area contributed by atoms with Gasteiger partial charge in [0, 0.05) is 32.4 Å². The van der Waals surface area contributed by atoms with Gasteiger partial charge in [0.05, 0.1) is 6.61 Å². The number of oxazole rings is 1. The molecule has 0 aliphatic carbocycles. The highest BCUT2D eigenvalue weighted by molar-refractivity contribution is 5.78. The second kappa shape index (κ2) is 12.5. The Hall–Kier alpha value is -3.17. The maximum Gasteiger partial charge on any atom is 0.326 e. The normalized spacial score (nSPS) is 14.0.